The Morgan fingerprint density at radius 1 is 1.15 bits per heavy atom. The van der Waals surface area contributed by atoms with Gasteiger partial charge in [0.2, 0.25) is 0 Å². The lowest BCUT2D eigenvalue weighted by molar-refractivity contribution is -0.122. The molecule has 0 aromatic carbocycles. The van der Waals surface area contributed by atoms with Crippen LogP contribution in [0.15, 0.2) is 0 Å². The molecule has 1 nitrogen and oxygen atoms in total. The van der Waals surface area contributed by atoms with E-state index in [1.54, 1.807) is 0 Å². The molecule has 0 unspecified atom stereocenters. The fourth-order valence-electron chi connectivity index (χ4n) is 2.75. The predicted octanol–water partition coefficient (Wildman–Crippen LogP) is 3.48. The van der Waals surface area contributed by atoms with Gasteiger partial charge >= 0.3 is 0 Å². The molecule has 1 saturated carbocycles. The van der Waals surface area contributed by atoms with Crippen molar-refractivity contribution in [2.24, 2.45) is 17.3 Å². The van der Waals surface area contributed by atoms with Crippen LogP contribution in [0.25, 0.3) is 0 Å². The lowest BCUT2D eigenvalue weighted by Crippen LogP contribution is -2.49. The van der Waals surface area contributed by atoms with Gasteiger partial charge in [-0.1, -0.05) is 27.7 Å². The van der Waals surface area contributed by atoms with Gasteiger partial charge in [0.05, 0.1) is 6.10 Å². The third-order valence-electron chi connectivity index (χ3n) is 3.92. The minimum atomic E-state index is 0.551. The summed E-state index contributed by atoms with van der Waals surface area (Å²) in [6.07, 6.45) is 3.10. The van der Waals surface area contributed by atoms with Crippen LogP contribution in [0.5, 0.6) is 0 Å². The van der Waals surface area contributed by atoms with E-state index in [0.717, 1.165) is 18.4 Å². The van der Waals surface area contributed by atoms with E-state index in [1.165, 1.54) is 12.8 Å². The zero-order chi connectivity index (χ0) is 10.1. The molecule has 0 radical (unpaired) electrons. The van der Waals surface area contributed by atoms with Crippen LogP contribution in [0.1, 0.15) is 47.5 Å². The highest BCUT2D eigenvalue weighted by Gasteiger charge is 2.48. The van der Waals surface area contributed by atoms with Gasteiger partial charge in [-0.15, -0.1) is 0 Å². The molecule has 0 spiro atoms. The Morgan fingerprint density at radius 2 is 1.62 bits per heavy atom. The molecule has 0 aromatic heterocycles. The second kappa shape index (κ2) is 4.00. The van der Waals surface area contributed by atoms with Crippen molar-refractivity contribution >= 4 is 0 Å². The summed E-state index contributed by atoms with van der Waals surface area (Å²) in [5.41, 5.74) is 0.569. The molecule has 0 aromatic rings. The highest BCUT2D eigenvalue weighted by atomic mass is 16.5. The highest BCUT2D eigenvalue weighted by molar-refractivity contribution is 4.98. The average molecular weight is 184 g/mol. The Morgan fingerprint density at radius 3 is 1.92 bits per heavy atom. The summed E-state index contributed by atoms with van der Waals surface area (Å²) in [5, 5.41) is 0. The second-order valence-electron chi connectivity index (χ2n) is 5.03. The summed E-state index contributed by atoms with van der Waals surface area (Å²) in [4.78, 5) is 0. The first-order chi connectivity index (χ1) is 6.03. The monoisotopic (exact) mass is 184 g/mol. The highest BCUT2D eigenvalue weighted by Crippen LogP contribution is 2.53. The van der Waals surface area contributed by atoms with E-state index in [-0.39, 0.29) is 0 Å². The van der Waals surface area contributed by atoms with Crippen molar-refractivity contribution < 1.29 is 4.74 Å². The van der Waals surface area contributed by atoms with Gasteiger partial charge < -0.3 is 4.74 Å². The zero-order valence-electron chi connectivity index (χ0n) is 9.76. The van der Waals surface area contributed by atoms with Crippen molar-refractivity contribution in [2.45, 2.75) is 53.6 Å². The Hall–Kier alpha value is -0.0400. The predicted molar refractivity (Wildman–Crippen MR) is 56.8 cm³/mol. The van der Waals surface area contributed by atoms with Gasteiger partial charge in [0.15, 0.2) is 0 Å². The average Bonchev–Trinajstić information content (AvgIpc) is 1.93. The molecule has 0 aliphatic heterocycles. The molecular formula is C12H24O. The molecule has 0 heterocycles. The third kappa shape index (κ3) is 1.90. The molecule has 1 rings (SSSR count). The zero-order valence-corrected chi connectivity index (χ0v) is 9.76. The standard InChI is InChI=1S/C12H24O/c1-6-13-11-7-12(8-11,9(2)3)10(4)5/h9-11H,6-8H2,1-5H3. The van der Waals surface area contributed by atoms with Crippen LogP contribution in [-0.2, 0) is 4.74 Å². The van der Waals surface area contributed by atoms with Crippen LogP contribution in [0.4, 0.5) is 0 Å². The van der Waals surface area contributed by atoms with E-state index >= 15 is 0 Å². The van der Waals surface area contributed by atoms with E-state index < -0.39 is 0 Å². The third-order valence-corrected chi connectivity index (χ3v) is 3.92. The lowest BCUT2D eigenvalue weighted by atomic mass is 9.55. The molecule has 0 amide bonds. The maximum Gasteiger partial charge on any atom is 0.0586 e. The molecule has 1 aliphatic carbocycles. The van der Waals surface area contributed by atoms with Gasteiger partial charge in [0, 0.05) is 6.61 Å². The first-order valence-corrected chi connectivity index (χ1v) is 5.64. The van der Waals surface area contributed by atoms with Gasteiger partial charge in [-0.2, -0.15) is 0 Å². The van der Waals surface area contributed by atoms with Crippen LogP contribution >= 0.6 is 0 Å². The number of hydrogen-bond donors (Lipinski definition) is 0. The van der Waals surface area contributed by atoms with Gasteiger partial charge in [0.1, 0.15) is 0 Å². The van der Waals surface area contributed by atoms with E-state index in [2.05, 4.69) is 34.6 Å². The van der Waals surface area contributed by atoms with Crippen LogP contribution < -0.4 is 0 Å². The van der Waals surface area contributed by atoms with Crippen molar-refractivity contribution in [3.8, 4) is 0 Å². The molecule has 1 aliphatic rings. The van der Waals surface area contributed by atoms with E-state index in [1.807, 2.05) is 0 Å². The molecule has 78 valence electrons. The van der Waals surface area contributed by atoms with E-state index in [9.17, 15) is 0 Å². The summed E-state index contributed by atoms with van der Waals surface area (Å²) >= 11 is 0. The number of ether oxygens (including phenoxy) is 1. The van der Waals surface area contributed by atoms with Crippen LogP contribution in [-0.4, -0.2) is 12.7 Å². The van der Waals surface area contributed by atoms with E-state index in [4.69, 9.17) is 4.74 Å². The summed E-state index contributed by atoms with van der Waals surface area (Å²) < 4.78 is 5.63. The molecule has 0 N–H and O–H groups in total. The molecule has 0 saturated heterocycles. The summed E-state index contributed by atoms with van der Waals surface area (Å²) in [5.74, 6) is 1.59. The fraction of sp³-hybridized carbons (Fsp3) is 1.00. The minimum Gasteiger partial charge on any atom is -0.378 e. The summed E-state index contributed by atoms with van der Waals surface area (Å²) in [6, 6.07) is 0. The van der Waals surface area contributed by atoms with Gasteiger partial charge in [-0.05, 0) is 37.0 Å². The summed E-state index contributed by atoms with van der Waals surface area (Å²) in [7, 11) is 0. The smallest absolute Gasteiger partial charge is 0.0586 e. The first-order valence-electron chi connectivity index (χ1n) is 5.64. The number of rotatable bonds is 4. The molecule has 0 bridgehead atoms. The maximum absolute atomic E-state index is 5.63. The minimum absolute atomic E-state index is 0.551. The Kier molecular flexibility index (Phi) is 3.39. The van der Waals surface area contributed by atoms with Gasteiger partial charge in [-0.25, -0.2) is 0 Å². The SMILES string of the molecule is CCOC1CC(C(C)C)(C(C)C)C1. The topological polar surface area (TPSA) is 9.23 Å². The fourth-order valence-corrected chi connectivity index (χ4v) is 2.75. The Labute approximate surface area is 82.9 Å². The Balaban J connectivity index is 2.48. The first kappa shape index (κ1) is 11.0. The Bertz CT molecular complexity index is 145. The summed E-state index contributed by atoms with van der Waals surface area (Å²) in [6.45, 7) is 12.4. The largest absolute Gasteiger partial charge is 0.378 e. The van der Waals surface area contributed by atoms with E-state index in [0.29, 0.717) is 11.5 Å². The normalized spacial score (nSPS) is 22.4. The molecule has 13 heavy (non-hydrogen) atoms. The van der Waals surface area contributed by atoms with Gasteiger partial charge in [0.25, 0.3) is 0 Å². The van der Waals surface area contributed by atoms with Crippen molar-refractivity contribution in [3.63, 3.8) is 0 Å². The van der Waals surface area contributed by atoms with Crippen molar-refractivity contribution in [2.75, 3.05) is 6.61 Å². The van der Waals surface area contributed by atoms with Gasteiger partial charge in [-0.3, -0.25) is 0 Å². The van der Waals surface area contributed by atoms with Crippen LogP contribution in [0, 0.1) is 17.3 Å². The molecular weight excluding hydrogens is 160 g/mol. The van der Waals surface area contributed by atoms with Crippen LogP contribution in [0.2, 0.25) is 0 Å². The second-order valence-corrected chi connectivity index (χ2v) is 5.03. The molecule has 0 atom stereocenters. The number of hydrogen-bond acceptors (Lipinski definition) is 1. The lowest BCUT2D eigenvalue weighted by Gasteiger charge is -2.53. The van der Waals surface area contributed by atoms with Crippen LogP contribution in [0.3, 0.4) is 0 Å². The van der Waals surface area contributed by atoms with Crippen molar-refractivity contribution in [1.82, 2.24) is 0 Å². The molecule has 1 fully saturated rings. The maximum atomic E-state index is 5.63. The molecule has 1 heteroatoms. The van der Waals surface area contributed by atoms with Crippen molar-refractivity contribution in [1.29, 1.82) is 0 Å². The quantitative estimate of drug-likeness (QED) is 0.650. The van der Waals surface area contributed by atoms with Crippen molar-refractivity contribution in [3.05, 3.63) is 0 Å².